The number of rotatable bonds is 10. The second kappa shape index (κ2) is 12.5. The molecule has 1 N–H and O–H groups in total. The van der Waals surface area contributed by atoms with Crippen LogP contribution in [0.2, 0.25) is 0 Å². The van der Waals surface area contributed by atoms with Gasteiger partial charge in [0.05, 0.1) is 0 Å². The van der Waals surface area contributed by atoms with Gasteiger partial charge < -0.3 is 10.2 Å². The van der Waals surface area contributed by atoms with E-state index in [9.17, 15) is 9.59 Å². The van der Waals surface area contributed by atoms with Crippen LogP contribution in [0, 0.1) is 0 Å². The molecule has 1 aliphatic carbocycles. The van der Waals surface area contributed by atoms with Gasteiger partial charge >= 0.3 is 0 Å². The minimum atomic E-state index is -0.430. The molecule has 0 aliphatic heterocycles. The van der Waals surface area contributed by atoms with E-state index in [1.54, 1.807) is 0 Å². The molecule has 0 radical (unpaired) electrons. The zero-order valence-corrected chi connectivity index (χ0v) is 20.9. The maximum Gasteiger partial charge on any atom is 0.243 e. The van der Waals surface area contributed by atoms with Crippen LogP contribution in [0.1, 0.15) is 63.0 Å². The molecule has 1 aliphatic rings. The number of nitrogens with zero attached hydrogens (tertiary/aromatic N) is 1. The van der Waals surface area contributed by atoms with Crippen molar-refractivity contribution in [3.8, 4) is 0 Å². The number of aryl methyl sites for hydroxylation is 1. The second-order valence-electron chi connectivity index (χ2n) is 9.73. The zero-order chi connectivity index (χ0) is 24.5. The average molecular weight is 471 g/mol. The van der Waals surface area contributed by atoms with E-state index in [-0.39, 0.29) is 17.9 Å². The molecule has 0 unspecified atom stereocenters. The van der Waals surface area contributed by atoms with E-state index >= 15 is 0 Å². The first-order valence-corrected chi connectivity index (χ1v) is 13.3. The van der Waals surface area contributed by atoms with E-state index in [1.807, 2.05) is 42.2 Å². The van der Waals surface area contributed by atoms with Crippen molar-refractivity contribution < 1.29 is 9.59 Å². The molecule has 1 fully saturated rings. The summed E-state index contributed by atoms with van der Waals surface area (Å²) >= 11 is 0. The Morgan fingerprint density at radius 2 is 1.60 bits per heavy atom. The summed E-state index contributed by atoms with van der Waals surface area (Å²) < 4.78 is 0. The van der Waals surface area contributed by atoms with Crippen molar-refractivity contribution in [1.29, 1.82) is 0 Å². The number of nitrogens with one attached hydrogen (secondary N) is 1. The van der Waals surface area contributed by atoms with Crippen LogP contribution in [0.3, 0.4) is 0 Å². The Morgan fingerprint density at radius 1 is 0.886 bits per heavy atom. The van der Waals surface area contributed by atoms with Crippen molar-refractivity contribution in [3.05, 3.63) is 83.9 Å². The summed E-state index contributed by atoms with van der Waals surface area (Å²) in [6.07, 6.45) is 8.11. The van der Waals surface area contributed by atoms with Crippen LogP contribution in [0.4, 0.5) is 0 Å². The largest absolute Gasteiger partial charge is 0.352 e. The molecule has 184 valence electrons. The van der Waals surface area contributed by atoms with Crippen LogP contribution < -0.4 is 5.32 Å². The summed E-state index contributed by atoms with van der Waals surface area (Å²) in [6, 6.07) is 24.6. The van der Waals surface area contributed by atoms with Crippen LogP contribution >= 0.6 is 0 Å². The third-order valence-electron chi connectivity index (χ3n) is 7.31. The van der Waals surface area contributed by atoms with Gasteiger partial charge in [0.15, 0.2) is 0 Å². The molecule has 4 heteroatoms. The Morgan fingerprint density at radius 3 is 2.37 bits per heavy atom. The maximum atomic E-state index is 13.6. The molecule has 0 saturated heterocycles. The van der Waals surface area contributed by atoms with Crippen LogP contribution in [0.25, 0.3) is 10.8 Å². The molecule has 35 heavy (non-hydrogen) atoms. The van der Waals surface area contributed by atoms with Gasteiger partial charge in [0.2, 0.25) is 11.8 Å². The predicted octanol–water partition coefficient (Wildman–Crippen LogP) is 6.07. The van der Waals surface area contributed by atoms with Gasteiger partial charge in [-0.15, -0.1) is 0 Å². The quantitative estimate of drug-likeness (QED) is 0.391. The van der Waals surface area contributed by atoms with Gasteiger partial charge in [0.25, 0.3) is 0 Å². The number of benzene rings is 3. The van der Waals surface area contributed by atoms with Gasteiger partial charge in [0, 0.05) is 19.0 Å². The molecule has 3 aromatic carbocycles. The Bertz CT molecular complexity index is 1100. The van der Waals surface area contributed by atoms with Crippen molar-refractivity contribution in [1.82, 2.24) is 10.2 Å². The first kappa shape index (κ1) is 25.0. The Hall–Kier alpha value is -3.14. The van der Waals surface area contributed by atoms with Crippen LogP contribution in [-0.4, -0.2) is 35.3 Å². The molecule has 3 aromatic rings. The molecule has 0 heterocycles. The molecule has 4 rings (SSSR count). The fourth-order valence-corrected chi connectivity index (χ4v) is 5.34. The number of hydrogen-bond donors (Lipinski definition) is 1. The lowest BCUT2D eigenvalue weighted by Crippen LogP contribution is -2.52. The van der Waals surface area contributed by atoms with Gasteiger partial charge in [-0.05, 0) is 54.0 Å². The highest BCUT2D eigenvalue weighted by Crippen LogP contribution is 2.22. The zero-order valence-electron chi connectivity index (χ0n) is 20.9. The van der Waals surface area contributed by atoms with Gasteiger partial charge in [-0.2, -0.15) is 0 Å². The van der Waals surface area contributed by atoms with Gasteiger partial charge in [-0.25, -0.2) is 0 Å². The first-order valence-electron chi connectivity index (χ1n) is 13.3. The highest BCUT2D eigenvalue weighted by atomic mass is 16.2. The highest BCUT2D eigenvalue weighted by Gasteiger charge is 2.29. The third-order valence-corrected chi connectivity index (χ3v) is 7.31. The topological polar surface area (TPSA) is 49.4 Å². The molecule has 0 aromatic heterocycles. The Labute approximate surface area is 209 Å². The number of hydrogen-bond acceptors (Lipinski definition) is 2. The monoisotopic (exact) mass is 470 g/mol. The van der Waals surface area contributed by atoms with Crippen molar-refractivity contribution in [2.75, 3.05) is 6.54 Å². The lowest BCUT2D eigenvalue weighted by atomic mass is 9.95. The molecule has 1 atom stereocenters. The lowest BCUT2D eigenvalue weighted by Gasteiger charge is -2.33. The molecule has 0 bridgehead atoms. The van der Waals surface area contributed by atoms with Crippen LogP contribution in [0.5, 0.6) is 0 Å². The van der Waals surface area contributed by atoms with Crippen molar-refractivity contribution >= 4 is 22.6 Å². The lowest BCUT2D eigenvalue weighted by molar-refractivity contribution is -0.141. The van der Waals surface area contributed by atoms with Crippen molar-refractivity contribution in [2.24, 2.45) is 0 Å². The summed E-state index contributed by atoms with van der Waals surface area (Å²) in [6.45, 7) is 2.56. The number of carbonyl (C=O) groups excluding carboxylic acids is 2. The molecule has 1 saturated carbocycles. The summed E-state index contributed by atoms with van der Waals surface area (Å²) in [5.41, 5.74) is 2.36. The van der Waals surface area contributed by atoms with E-state index in [4.69, 9.17) is 0 Å². The van der Waals surface area contributed by atoms with Crippen LogP contribution in [-0.2, 0) is 22.4 Å². The molecule has 2 amide bonds. The predicted molar refractivity (Wildman–Crippen MR) is 143 cm³/mol. The normalized spacial score (nSPS) is 15.0. The van der Waals surface area contributed by atoms with Gasteiger partial charge in [-0.3, -0.25) is 9.59 Å². The molecule has 4 nitrogen and oxygen atoms in total. The molecular weight excluding hydrogens is 432 g/mol. The van der Waals surface area contributed by atoms with E-state index in [2.05, 4.69) is 47.8 Å². The average Bonchev–Trinajstić information content (AvgIpc) is 2.90. The molecular formula is C31H38N2O2. The van der Waals surface area contributed by atoms with E-state index in [0.29, 0.717) is 25.8 Å². The number of fused-ring (bicyclic) bond motifs is 1. The van der Waals surface area contributed by atoms with Crippen LogP contribution in [0.15, 0.2) is 72.8 Å². The smallest absolute Gasteiger partial charge is 0.243 e. The number of amides is 2. The molecule has 0 spiro atoms. The third kappa shape index (κ3) is 6.72. The van der Waals surface area contributed by atoms with E-state index < -0.39 is 6.04 Å². The SMILES string of the molecule is CC[C@@H](C(=O)NC1CCCCC1)N(CCc1ccccc1)C(=O)CCc1cccc2ccccc12. The maximum absolute atomic E-state index is 13.6. The minimum absolute atomic E-state index is 0.00553. The summed E-state index contributed by atoms with van der Waals surface area (Å²) in [5.74, 6) is 0.0606. The van der Waals surface area contributed by atoms with Gasteiger partial charge in [-0.1, -0.05) is 99.0 Å². The van der Waals surface area contributed by atoms with E-state index in [0.717, 1.165) is 19.3 Å². The van der Waals surface area contributed by atoms with E-state index in [1.165, 1.54) is 41.2 Å². The summed E-state index contributed by atoms with van der Waals surface area (Å²) in [4.78, 5) is 28.8. The highest BCUT2D eigenvalue weighted by molar-refractivity contribution is 5.89. The van der Waals surface area contributed by atoms with Crippen molar-refractivity contribution in [3.63, 3.8) is 0 Å². The minimum Gasteiger partial charge on any atom is -0.352 e. The number of carbonyl (C=O) groups is 2. The second-order valence-corrected chi connectivity index (χ2v) is 9.73. The fourth-order valence-electron chi connectivity index (χ4n) is 5.34. The van der Waals surface area contributed by atoms with Gasteiger partial charge in [0.1, 0.15) is 6.04 Å². The Kier molecular flexibility index (Phi) is 8.94. The first-order chi connectivity index (χ1) is 17.2. The Balaban J connectivity index is 1.48. The summed E-state index contributed by atoms with van der Waals surface area (Å²) in [5, 5.41) is 5.66. The standard InChI is InChI=1S/C31H38N2O2/c1-2-29(31(35)32-27-17-7-4-8-18-27)33(23-22-24-12-5-3-6-13-24)30(34)21-20-26-16-11-15-25-14-9-10-19-28(25)26/h3,5-6,9-16,19,27,29H,2,4,7-8,17-18,20-23H2,1H3,(H,32,35)/t29-/m0/s1. The summed E-state index contributed by atoms with van der Waals surface area (Å²) in [7, 11) is 0. The fraction of sp³-hybridized carbons (Fsp3) is 0.419. The van der Waals surface area contributed by atoms with Crippen molar-refractivity contribution in [2.45, 2.75) is 76.8 Å².